The maximum Gasteiger partial charge on any atom is 0.253 e. The quantitative estimate of drug-likeness (QED) is 0.286. The van der Waals surface area contributed by atoms with Gasteiger partial charge in [0.15, 0.2) is 11.6 Å². The number of pyridine rings is 2. The highest BCUT2D eigenvalue weighted by molar-refractivity contribution is 5.94. The number of benzene rings is 2. The highest BCUT2D eigenvalue weighted by Gasteiger charge is 2.32. The molecule has 0 aliphatic carbocycles. The lowest BCUT2D eigenvalue weighted by Gasteiger charge is -2.38. The Balaban J connectivity index is 1.21. The Hall–Kier alpha value is -4.82. The standard InChI is InChI=1S/C35H38F2N8O4/c1-4-41-10-12-44(13-11-41)30-26(37)15-22-29-33(30)48-19-20(3)45(29)18-24(32(22)47)35-40-39-34(49-35)23-17-42(5-2)27-16-28(43-8-6-38-7-9-43)25(36)14-21(27)31(23)46/h14-18,20,38H,4-13,19H2,1-3H3. The van der Waals surface area contributed by atoms with Crippen molar-refractivity contribution >= 4 is 33.2 Å². The summed E-state index contributed by atoms with van der Waals surface area (Å²) in [6.45, 7) is 13.4. The molecule has 0 saturated carbocycles. The number of fused-ring (bicyclic) bond motifs is 1. The van der Waals surface area contributed by atoms with Crippen LogP contribution in [-0.2, 0) is 6.54 Å². The van der Waals surface area contributed by atoms with Crippen LogP contribution >= 0.6 is 0 Å². The number of ether oxygens (including phenoxy) is 1. The first-order chi connectivity index (χ1) is 23.8. The van der Waals surface area contributed by atoms with E-state index in [2.05, 4.69) is 27.3 Å². The third-order valence-corrected chi connectivity index (χ3v) is 10.1. The SMILES string of the molecule is CCN1CCN(c2c(F)cc3c(=O)c(-c4nnc(-c5cn(CC)c6cc(N7CCNCC7)c(F)cc6c5=O)o4)cn4c3c2OCC4C)CC1. The Morgan fingerprint density at radius 3 is 2.20 bits per heavy atom. The smallest absolute Gasteiger partial charge is 0.253 e. The van der Waals surface area contributed by atoms with Gasteiger partial charge in [-0.15, -0.1) is 10.2 Å². The summed E-state index contributed by atoms with van der Waals surface area (Å²) in [5, 5.41) is 11.9. The molecular weight excluding hydrogens is 634 g/mol. The van der Waals surface area contributed by atoms with E-state index in [0.717, 1.165) is 32.7 Å². The second kappa shape index (κ2) is 12.3. The lowest BCUT2D eigenvalue weighted by Crippen LogP contribution is -2.46. The molecule has 12 nitrogen and oxygen atoms in total. The Labute approximate surface area is 280 Å². The van der Waals surface area contributed by atoms with E-state index in [-0.39, 0.29) is 46.3 Å². The fraction of sp³-hybridized carbons (Fsp3) is 0.429. The molecule has 2 aromatic carbocycles. The number of hydrogen-bond donors (Lipinski definition) is 1. The van der Waals surface area contributed by atoms with E-state index < -0.39 is 22.5 Å². The summed E-state index contributed by atoms with van der Waals surface area (Å²) in [5.74, 6) is -0.853. The van der Waals surface area contributed by atoms with Crippen molar-refractivity contribution in [1.29, 1.82) is 0 Å². The second-order valence-electron chi connectivity index (χ2n) is 12.9. The van der Waals surface area contributed by atoms with E-state index in [1.54, 1.807) is 18.5 Å². The number of likely N-dealkylation sites (N-methyl/N-ethyl adjacent to an activating group) is 1. The zero-order valence-electron chi connectivity index (χ0n) is 27.8. The molecule has 3 aliphatic rings. The zero-order chi connectivity index (χ0) is 34.0. The normalized spacial score (nSPS) is 18.4. The first kappa shape index (κ1) is 31.4. The Kier molecular flexibility index (Phi) is 7.86. The van der Waals surface area contributed by atoms with Crippen molar-refractivity contribution in [2.75, 3.05) is 75.3 Å². The molecule has 2 saturated heterocycles. The first-order valence-corrected chi connectivity index (χ1v) is 16.9. The monoisotopic (exact) mass is 672 g/mol. The average molecular weight is 673 g/mol. The van der Waals surface area contributed by atoms with E-state index in [1.807, 2.05) is 32.8 Å². The van der Waals surface area contributed by atoms with Crippen LogP contribution in [0.2, 0.25) is 0 Å². The maximum atomic E-state index is 15.9. The van der Waals surface area contributed by atoms with Crippen LogP contribution in [0.3, 0.4) is 0 Å². The minimum Gasteiger partial charge on any atom is -0.487 e. The number of halogens is 2. The molecule has 0 spiro atoms. The van der Waals surface area contributed by atoms with Crippen LogP contribution < -0.4 is 30.7 Å². The molecule has 1 atom stereocenters. The van der Waals surface area contributed by atoms with Crippen molar-refractivity contribution in [3.05, 3.63) is 62.7 Å². The summed E-state index contributed by atoms with van der Waals surface area (Å²) >= 11 is 0. The van der Waals surface area contributed by atoms with Gasteiger partial charge in [-0.1, -0.05) is 6.92 Å². The third kappa shape index (κ3) is 5.16. The van der Waals surface area contributed by atoms with Gasteiger partial charge in [-0.05, 0) is 38.6 Å². The lowest BCUT2D eigenvalue weighted by atomic mass is 10.1. The van der Waals surface area contributed by atoms with Crippen LogP contribution in [0, 0.1) is 11.6 Å². The Morgan fingerprint density at radius 2 is 1.51 bits per heavy atom. The van der Waals surface area contributed by atoms with E-state index in [4.69, 9.17) is 9.15 Å². The first-order valence-electron chi connectivity index (χ1n) is 16.9. The van der Waals surface area contributed by atoms with Crippen LogP contribution in [0.4, 0.5) is 20.2 Å². The number of nitrogens with one attached hydrogen (secondary N) is 1. The molecule has 3 aliphatic heterocycles. The number of aryl methyl sites for hydroxylation is 1. The molecular formula is C35H38F2N8O4. The summed E-state index contributed by atoms with van der Waals surface area (Å²) in [7, 11) is 0. The summed E-state index contributed by atoms with van der Waals surface area (Å²) in [6.07, 6.45) is 3.27. The fourth-order valence-electron chi connectivity index (χ4n) is 7.35. The predicted molar refractivity (Wildman–Crippen MR) is 184 cm³/mol. The van der Waals surface area contributed by atoms with Crippen molar-refractivity contribution in [3.63, 3.8) is 0 Å². The van der Waals surface area contributed by atoms with Crippen LogP contribution in [0.1, 0.15) is 26.8 Å². The minimum atomic E-state index is -0.530. The summed E-state index contributed by atoms with van der Waals surface area (Å²) in [4.78, 5) is 34.0. The number of hydrogen-bond acceptors (Lipinski definition) is 10. The van der Waals surface area contributed by atoms with Crippen LogP contribution in [0.25, 0.3) is 44.7 Å². The maximum absolute atomic E-state index is 15.9. The van der Waals surface area contributed by atoms with Gasteiger partial charge in [0.25, 0.3) is 11.8 Å². The third-order valence-electron chi connectivity index (χ3n) is 10.1. The number of rotatable bonds is 6. The van der Waals surface area contributed by atoms with E-state index in [1.165, 1.54) is 12.1 Å². The molecule has 0 radical (unpaired) electrons. The molecule has 6 heterocycles. The molecule has 1 N–H and O–H groups in total. The molecule has 0 bridgehead atoms. The topological polar surface area (TPSA) is 114 Å². The molecule has 49 heavy (non-hydrogen) atoms. The van der Waals surface area contributed by atoms with Gasteiger partial charge >= 0.3 is 0 Å². The van der Waals surface area contributed by atoms with Gasteiger partial charge in [-0.2, -0.15) is 0 Å². The van der Waals surface area contributed by atoms with Crippen molar-refractivity contribution < 1.29 is 17.9 Å². The van der Waals surface area contributed by atoms with Gasteiger partial charge in [-0.25, -0.2) is 8.78 Å². The van der Waals surface area contributed by atoms with Crippen molar-refractivity contribution in [2.45, 2.75) is 33.4 Å². The fourth-order valence-corrected chi connectivity index (χ4v) is 7.35. The molecule has 14 heteroatoms. The highest BCUT2D eigenvalue weighted by Crippen LogP contribution is 2.42. The molecule has 3 aromatic heterocycles. The predicted octanol–water partition coefficient (Wildman–Crippen LogP) is 3.84. The van der Waals surface area contributed by atoms with Gasteiger partial charge in [0.1, 0.15) is 29.2 Å². The molecule has 2 fully saturated rings. The number of anilines is 2. The van der Waals surface area contributed by atoms with Gasteiger partial charge in [0.05, 0.1) is 28.1 Å². The van der Waals surface area contributed by atoms with Crippen molar-refractivity contribution in [2.24, 2.45) is 0 Å². The van der Waals surface area contributed by atoms with E-state index in [0.29, 0.717) is 60.9 Å². The number of nitrogens with zero attached hydrogens (tertiary/aromatic N) is 7. The average Bonchev–Trinajstić information content (AvgIpc) is 3.61. The van der Waals surface area contributed by atoms with Crippen molar-refractivity contribution in [3.8, 4) is 28.7 Å². The summed E-state index contributed by atoms with van der Waals surface area (Å²) in [6, 6.07) is 4.09. The summed E-state index contributed by atoms with van der Waals surface area (Å²) < 4.78 is 47.3. The van der Waals surface area contributed by atoms with Gasteiger partial charge in [0.2, 0.25) is 10.9 Å². The van der Waals surface area contributed by atoms with Gasteiger partial charge in [-0.3, -0.25) is 9.59 Å². The molecule has 8 rings (SSSR count). The van der Waals surface area contributed by atoms with Gasteiger partial charge in [0, 0.05) is 76.7 Å². The van der Waals surface area contributed by atoms with Crippen LogP contribution in [0.5, 0.6) is 5.75 Å². The Bertz CT molecular complexity index is 2220. The molecule has 0 amide bonds. The second-order valence-corrected chi connectivity index (χ2v) is 12.9. The van der Waals surface area contributed by atoms with Crippen LogP contribution in [-0.4, -0.2) is 89.7 Å². The van der Waals surface area contributed by atoms with Crippen molar-refractivity contribution in [1.82, 2.24) is 29.5 Å². The van der Waals surface area contributed by atoms with E-state index in [9.17, 15) is 9.59 Å². The highest BCUT2D eigenvalue weighted by atomic mass is 19.1. The molecule has 1 unspecified atom stereocenters. The zero-order valence-corrected chi connectivity index (χ0v) is 27.8. The largest absolute Gasteiger partial charge is 0.487 e. The van der Waals surface area contributed by atoms with Gasteiger partial charge < -0.3 is 38.3 Å². The van der Waals surface area contributed by atoms with Crippen LogP contribution in [0.15, 0.2) is 44.6 Å². The lowest BCUT2D eigenvalue weighted by molar-refractivity contribution is 0.242. The number of aromatic nitrogens is 4. The number of piperazine rings is 2. The summed E-state index contributed by atoms with van der Waals surface area (Å²) in [5.41, 5.74) is 1.16. The molecule has 5 aromatic rings. The van der Waals surface area contributed by atoms with E-state index >= 15 is 8.78 Å². The molecule has 256 valence electrons. The Morgan fingerprint density at radius 1 is 0.837 bits per heavy atom. The minimum absolute atomic E-state index is 0.0815.